The standard InChI is InChI=1S/C21H22N4O4/c1-3-4-11-25-21(28)16-8-6-5-7-15(16)19(24-25)20(27)23-22-13-14-9-10-18(29-2)17(26)12-14/h5-10,12-13,26H,3-4,11H2,1-2H3,(H,23,27)/b22-13+. The zero-order chi connectivity index (χ0) is 20.8. The first-order valence-electron chi connectivity index (χ1n) is 9.25. The first-order chi connectivity index (χ1) is 14.0. The molecule has 3 rings (SSSR count). The van der Waals surface area contributed by atoms with E-state index in [1.165, 1.54) is 24.1 Å². The molecule has 0 aliphatic carbocycles. The van der Waals surface area contributed by atoms with Crippen molar-refractivity contribution < 1.29 is 14.6 Å². The molecule has 0 saturated carbocycles. The van der Waals surface area contributed by atoms with E-state index in [0.717, 1.165) is 12.8 Å². The van der Waals surface area contributed by atoms with E-state index in [2.05, 4.69) is 15.6 Å². The second-order valence-corrected chi connectivity index (χ2v) is 6.41. The van der Waals surface area contributed by atoms with E-state index >= 15 is 0 Å². The number of amides is 1. The molecule has 0 atom stereocenters. The third-order valence-corrected chi connectivity index (χ3v) is 4.39. The average molecular weight is 394 g/mol. The summed E-state index contributed by atoms with van der Waals surface area (Å²) in [5.74, 6) is -0.213. The average Bonchev–Trinajstić information content (AvgIpc) is 2.73. The smallest absolute Gasteiger partial charge is 0.292 e. The van der Waals surface area contributed by atoms with Crippen molar-refractivity contribution in [3.8, 4) is 11.5 Å². The molecule has 2 aromatic carbocycles. The Bertz CT molecular complexity index is 1120. The number of rotatable bonds is 7. The second-order valence-electron chi connectivity index (χ2n) is 6.41. The number of phenols is 1. The van der Waals surface area contributed by atoms with Gasteiger partial charge in [-0.05, 0) is 36.2 Å². The monoisotopic (exact) mass is 394 g/mol. The van der Waals surface area contributed by atoms with Crippen LogP contribution in [0.3, 0.4) is 0 Å². The number of ether oxygens (including phenoxy) is 1. The number of unbranched alkanes of at least 4 members (excludes halogenated alkanes) is 1. The lowest BCUT2D eigenvalue weighted by molar-refractivity contribution is 0.0949. The lowest BCUT2D eigenvalue weighted by atomic mass is 10.1. The third-order valence-electron chi connectivity index (χ3n) is 4.39. The quantitative estimate of drug-likeness (QED) is 0.473. The number of hydrogen-bond donors (Lipinski definition) is 2. The molecule has 0 radical (unpaired) electrons. The van der Waals surface area contributed by atoms with Gasteiger partial charge in [-0.3, -0.25) is 9.59 Å². The summed E-state index contributed by atoms with van der Waals surface area (Å²) in [6.07, 6.45) is 3.08. The Morgan fingerprint density at radius 1 is 1.28 bits per heavy atom. The van der Waals surface area contributed by atoms with Crippen LogP contribution in [0.15, 0.2) is 52.4 Å². The number of nitrogens with one attached hydrogen (secondary N) is 1. The van der Waals surface area contributed by atoms with Crippen LogP contribution in [0, 0.1) is 0 Å². The van der Waals surface area contributed by atoms with E-state index in [4.69, 9.17) is 4.74 Å². The normalized spacial score (nSPS) is 11.1. The number of carbonyl (C=O) groups is 1. The van der Waals surface area contributed by atoms with Gasteiger partial charge in [0.15, 0.2) is 17.2 Å². The van der Waals surface area contributed by atoms with Crippen LogP contribution in [0.5, 0.6) is 11.5 Å². The molecule has 8 nitrogen and oxygen atoms in total. The van der Waals surface area contributed by atoms with Gasteiger partial charge in [0.2, 0.25) is 0 Å². The van der Waals surface area contributed by atoms with Crippen LogP contribution in [-0.4, -0.2) is 34.1 Å². The van der Waals surface area contributed by atoms with Crippen molar-refractivity contribution >= 4 is 22.9 Å². The van der Waals surface area contributed by atoms with E-state index in [1.807, 2.05) is 6.92 Å². The number of fused-ring (bicyclic) bond motifs is 1. The molecule has 1 aromatic heterocycles. The summed E-state index contributed by atoms with van der Waals surface area (Å²) in [4.78, 5) is 25.3. The van der Waals surface area contributed by atoms with Crippen molar-refractivity contribution in [2.45, 2.75) is 26.3 Å². The number of aryl methyl sites for hydroxylation is 1. The van der Waals surface area contributed by atoms with Crippen molar-refractivity contribution in [1.82, 2.24) is 15.2 Å². The lowest BCUT2D eigenvalue weighted by Crippen LogP contribution is -2.29. The van der Waals surface area contributed by atoms with Gasteiger partial charge in [-0.25, -0.2) is 10.1 Å². The summed E-state index contributed by atoms with van der Waals surface area (Å²) in [7, 11) is 1.46. The summed E-state index contributed by atoms with van der Waals surface area (Å²) < 4.78 is 6.32. The van der Waals surface area contributed by atoms with Gasteiger partial charge in [-0.15, -0.1) is 0 Å². The molecular weight excluding hydrogens is 372 g/mol. The summed E-state index contributed by atoms with van der Waals surface area (Å²) in [6, 6.07) is 11.6. The second kappa shape index (κ2) is 9.01. The fraction of sp³-hybridized carbons (Fsp3) is 0.238. The molecular formula is C21H22N4O4. The zero-order valence-electron chi connectivity index (χ0n) is 16.3. The van der Waals surface area contributed by atoms with Crippen molar-refractivity contribution in [1.29, 1.82) is 0 Å². The van der Waals surface area contributed by atoms with Crippen LogP contribution in [0.1, 0.15) is 35.8 Å². The zero-order valence-corrected chi connectivity index (χ0v) is 16.3. The summed E-state index contributed by atoms with van der Waals surface area (Å²) in [5, 5.41) is 18.9. The van der Waals surface area contributed by atoms with Gasteiger partial charge in [0.1, 0.15) is 0 Å². The van der Waals surface area contributed by atoms with Gasteiger partial charge in [0, 0.05) is 11.9 Å². The Balaban J connectivity index is 1.87. The maximum absolute atomic E-state index is 12.7. The Morgan fingerprint density at radius 3 is 2.72 bits per heavy atom. The molecule has 0 unspecified atom stereocenters. The molecule has 3 aromatic rings. The van der Waals surface area contributed by atoms with Crippen molar-refractivity contribution in [3.05, 3.63) is 64.1 Å². The van der Waals surface area contributed by atoms with Gasteiger partial charge >= 0.3 is 0 Å². The summed E-state index contributed by atoms with van der Waals surface area (Å²) in [5.41, 5.74) is 2.92. The minimum Gasteiger partial charge on any atom is -0.504 e. The van der Waals surface area contributed by atoms with Gasteiger partial charge in [-0.2, -0.15) is 10.2 Å². The first-order valence-corrected chi connectivity index (χ1v) is 9.25. The Morgan fingerprint density at radius 2 is 2.03 bits per heavy atom. The van der Waals surface area contributed by atoms with Gasteiger partial charge in [0.25, 0.3) is 11.5 Å². The molecule has 2 N–H and O–H groups in total. The van der Waals surface area contributed by atoms with E-state index in [9.17, 15) is 14.7 Å². The Kier molecular flexibility index (Phi) is 6.23. The summed E-state index contributed by atoms with van der Waals surface area (Å²) >= 11 is 0. The molecule has 8 heteroatoms. The van der Waals surface area contributed by atoms with Crippen LogP contribution in [-0.2, 0) is 6.54 Å². The van der Waals surface area contributed by atoms with E-state index in [-0.39, 0.29) is 17.0 Å². The molecule has 0 spiro atoms. The molecule has 0 aliphatic heterocycles. The van der Waals surface area contributed by atoms with Crippen LogP contribution in [0.2, 0.25) is 0 Å². The molecule has 1 amide bonds. The molecule has 0 aliphatic rings. The van der Waals surface area contributed by atoms with Crippen molar-refractivity contribution in [3.63, 3.8) is 0 Å². The van der Waals surface area contributed by atoms with E-state index < -0.39 is 5.91 Å². The lowest BCUT2D eigenvalue weighted by Gasteiger charge is -2.09. The topological polar surface area (TPSA) is 106 Å². The first kappa shape index (κ1) is 20.1. The highest BCUT2D eigenvalue weighted by molar-refractivity contribution is 6.04. The molecule has 0 bridgehead atoms. The number of aromatic nitrogens is 2. The number of nitrogens with zero attached hydrogens (tertiary/aromatic N) is 3. The van der Waals surface area contributed by atoms with Crippen molar-refractivity contribution in [2.24, 2.45) is 5.10 Å². The number of aromatic hydroxyl groups is 1. The van der Waals surface area contributed by atoms with Crippen LogP contribution >= 0.6 is 0 Å². The maximum atomic E-state index is 12.7. The predicted octanol–water partition coefficient (Wildman–Crippen LogP) is 2.67. The van der Waals surface area contributed by atoms with Crippen LogP contribution in [0.4, 0.5) is 0 Å². The number of benzene rings is 2. The van der Waals surface area contributed by atoms with E-state index in [1.54, 1.807) is 36.4 Å². The minimum absolute atomic E-state index is 0.0292. The van der Waals surface area contributed by atoms with E-state index in [0.29, 0.717) is 28.6 Å². The molecule has 0 fully saturated rings. The predicted molar refractivity (Wildman–Crippen MR) is 111 cm³/mol. The van der Waals surface area contributed by atoms with Crippen molar-refractivity contribution in [2.75, 3.05) is 7.11 Å². The number of hydrazone groups is 1. The number of methoxy groups -OCH3 is 1. The number of phenolic OH excluding ortho intramolecular Hbond substituents is 1. The fourth-order valence-electron chi connectivity index (χ4n) is 2.87. The number of hydrogen-bond acceptors (Lipinski definition) is 6. The molecule has 1 heterocycles. The number of carbonyl (C=O) groups excluding carboxylic acids is 1. The largest absolute Gasteiger partial charge is 0.504 e. The Labute approximate surface area is 167 Å². The van der Waals surface area contributed by atoms with Gasteiger partial charge in [0.05, 0.1) is 18.7 Å². The highest BCUT2D eigenvalue weighted by Crippen LogP contribution is 2.25. The maximum Gasteiger partial charge on any atom is 0.292 e. The highest BCUT2D eigenvalue weighted by Gasteiger charge is 2.16. The SMILES string of the molecule is CCCCn1nc(C(=O)N/N=C/c2ccc(OC)c(O)c2)c2ccccc2c1=O. The fourth-order valence-corrected chi connectivity index (χ4v) is 2.87. The molecule has 150 valence electrons. The van der Waals surface area contributed by atoms with Crippen LogP contribution in [0.25, 0.3) is 10.8 Å². The summed E-state index contributed by atoms with van der Waals surface area (Å²) in [6.45, 7) is 2.46. The van der Waals surface area contributed by atoms with Gasteiger partial charge in [-0.1, -0.05) is 31.5 Å². The van der Waals surface area contributed by atoms with Gasteiger partial charge < -0.3 is 9.84 Å². The minimum atomic E-state index is -0.527. The highest BCUT2D eigenvalue weighted by atomic mass is 16.5. The third kappa shape index (κ3) is 4.43. The Hall–Kier alpha value is -3.68. The van der Waals surface area contributed by atoms with Crippen LogP contribution < -0.4 is 15.7 Å². The molecule has 29 heavy (non-hydrogen) atoms. The molecule has 0 saturated heterocycles.